The zero-order valence-corrected chi connectivity index (χ0v) is 13.0. The molecule has 0 aromatic carbocycles. The molecule has 2 aromatic heterocycles. The van der Waals surface area contributed by atoms with Crippen LogP contribution in [-0.4, -0.2) is 23.3 Å². The van der Waals surface area contributed by atoms with Crippen LogP contribution in [0.25, 0.3) is 11.3 Å². The van der Waals surface area contributed by atoms with E-state index >= 15 is 0 Å². The fourth-order valence-electron chi connectivity index (χ4n) is 2.10. The summed E-state index contributed by atoms with van der Waals surface area (Å²) in [5.74, 6) is 0. The quantitative estimate of drug-likeness (QED) is 0.795. The van der Waals surface area contributed by atoms with Crippen molar-refractivity contribution >= 4 is 23.2 Å². The third kappa shape index (κ3) is 2.30. The van der Waals surface area contributed by atoms with Crippen molar-refractivity contribution in [1.82, 2.24) is 4.98 Å². The van der Waals surface area contributed by atoms with E-state index in [1.54, 1.807) is 11.3 Å². The predicted molar refractivity (Wildman–Crippen MR) is 83.3 cm³/mol. The summed E-state index contributed by atoms with van der Waals surface area (Å²) in [5.41, 5.74) is 1.49. The van der Waals surface area contributed by atoms with Crippen LogP contribution < -0.4 is 4.78 Å². The van der Waals surface area contributed by atoms with Gasteiger partial charge in [0.1, 0.15) is 0 Å². The molecule has 1 fully saturated rings. The van der Waals surface area contributed by atoms with Gasteiger partial charge in [-0.15, -0.1) is 0 Å². The molecule has 0 saturated carbocycles. The number of aromatic nitrogens is 1. The molecule has 3 rings (SSSR count). The van der Waals surface area contributed by atoms with E-state index in [1.807, 2.05) is 24.4 Å². The summed E-state index contributed by atoms with van der Waals surface area (Å²) < 4.78 is 13.2. The lowest BCUT2D eigenvalue weighted by Gasteiger charge is -2.32. The number of pyridine rings is 1. The Labute approximate surface area is 124 Å². The first-order valence-electron chi connectivity index (χ1n) is 6.74. The molecule has 0 atom stereocenters. The maximum atomic E-state index is 6.07. The Morgan fingerprint density at radius 2 is 1.80 bits per heavy atom. The van der Waals surface area contributed by atoms with E-state index in [1.165, 1.54) is 0 Å². The van der Waals surface area contributed by atoms with Gasteiger partial charge in [-0.2, -0.15) is 11.3 Å². The molecule has 0 bridgehead atoms. The average molecular weight is 287 g/mol. The Bertz CT molecular complexity index is 593. The first kappa shape index (κ1) is 13.8. The van der Waals surface area contributed by atoms with Gasteiger partial charge in [0, 0.05) is 16.5 Å². The molecule has 0 N–H and O–H groups in total. The number of hydrogen-bond acceptors (Lipinski definition) is 4. The summed E-state index contributed by atoms with van der Waals surface area (Å²) in [6.45, 7) is 8.28. The predicted octanol–water partition coefficient (Wildman–Crippen LogP) is 3.11. The first-order valence-corrected chi connectivity index (χ1v) is 7.62. The van der Waals surface area contributed by atoms with Crippen LogP contribution in [0.5, 0.6) is 0 Å². The van der Waals surface area contributed by atoms with E-state index < -0.39 is 0 Å². The first-order chi connectivity index (χ1) is 9.39. The van der Waals surface area contributed by atoms with E-state index in [0.717, 1.165) is 16.0 Å². The largest absolute Gasteiger partial charge is 0.505 e. The van der Waals surface area contributed by atoms with Gasteiger partial charge in [0.25, 0.3) is 0 Å². The summed E-state index contributed by atoms with van der Waals surface area (Å²) in [5, 5.41) is 2.10. The molecule has 3 heterocycles. The van der Waals surface area contributed by atoms with Crippen molar-refractivity contribution in [1.29, 1.82) is 0 Å². The van der Waals surface area contributed by atoms with Crippen molar-refractivity contribution in [2.24, 2.45) is 0 Å². The van der Waals surface area contributed by atoms with Crippen molar-refractivity contribution in [3.63, 3.8) is 0 Å². The Kier molecular flexibility index (Phi) is 3.24. The molecule has 1 saturated heterocycles. The Hall–Kier alpha value is -1.17. The summed E-state index contributed by atoms with van der Waals surface area (Å²) in [7, 11) is -0.289. The monoisotopic (exact) mass is 287 g/mol. The van der Waals surface area contributed by atoms with Crippen LogP contribution in [0.4, 0.5) is 0 Å². The Morgan fingerprint density at radius 3 is 2.40 bits per heavy atom. The SMILES string of the molecule is CC1(C)OB(c2cc(-c3ccccn3)cs2)OC1(C)C. The molecule has 0 unspecified atom stereocenters. The van der Waals surface area contributed by atoms with Gasteiger partial charge in [-0.1, -0.05) is 6.07 Å². The van der Waals surface area contributed by atoms with Gasteiger partial charge in [-0.25, -0.2) is 0 Å². The highest BCUT2D eigenvalue weighted by atomic mass is 32.1. The minimum Gasteiger partial charge on any atom is -0.399 e. The lowest BCUT2D eigenvalue weighted by atomic mass is 9.87. The third-order valence-corrected chi connectivity index (χ3v) is 5.02. The lowest BCUT2D eigenvalue weighted by molar-refractivity contribution is 0.00578. The highest BCUT2D eigenvalue weighted by Crippen LogP contribution is 2.37. The lowest BCUT2D eigenvalue weighted by Crippen LogP contribution is -2.41. The van der Waals surface area contributed by atoms with Gasteiger partial charge < -0.3 is 9.31 Å². The van der Waals surface area contributed by atoms with E-state index in [2.05, 4.69) is 44.1 Å². The Balaban J connectivity index is 1.86. The van der Waals surface area contributed by atoms with Crippen molar-refractivity contribution < 1.29 is 9.31 Å². The maximum Gasteiger partial charge on any atom is 0.505 e. The van der Waals surface area contributed by atoms with Gasteiger partial charge >= 0.3 is 7.12 Å². The van der Waals surface area contributed by atoms with Crippen LogP contribution >= 0.6 is 11.3 Å². The van der Waals surface area contributed by atoms with Crippen molar-refractivity contribution in [2.45, 2.75) is 38.9 Å². The number of hydrogen-bond donors (Lipinski definition) is 0. The number of thiophene rings is 1. The minimum absolute atomic E-state index is 0.289. The summed E-state index contributed by atoms with van der Waals surface area (Å²) in [6, 6.07) is 8.03. The molecule has 3 nitrogen and oxygen atoms in total. The molecule has 20 heavy (non-hydrogen) atoms. The molecule has 5 heteroatoms. The molecular formula is C15H18BNO2S. The zero-order chi connectivity index (χ0) is 14.4. The second-order valence-electron chi connectivity index (χ2n) is 6.04. The second kappa shape index (κ2) is 4.69. The fraction of sp³-hybridized carbons (Fsp3) is 0.400. The molecule has 0 aliphatic carbocycles. The number of nitrogens with zero attached hydrogens (tertiary/aromatic N) is 1. The highest BCUT2D eigenvalue weighted by Gasteiger charge is 2.52. The molecular weight excluding hydrogens is 269 g/mol. The molecule has 0 radical (unpaired) electrons. The van der Waals surface area contributed by atoms with Crippen LogP contribution in [0.1, 0.15) is 27.7 Å². The highest BCUT2D eigenvalue weighted by molar-refractivity contribution is 7.21. The third-order valence-electron chi connectivity index (χ3n) is 4.07. The van der Waals surface area contributed by atoms with Crippen LogP contribution in [0.2, 0.25) is 0 Å². The molecule has 1 aliphatic heterocycles. The fourth-order valence-corrected chi connectivity index (χ4v) is 2.96. The normalized spacial score (nSPS) is 20.3. The van der Waals surface area contributed by atoms with Crippen molar-refractivity contribution in [3.05, 3.63) is 35.8 Å². The maximum absolute atomic E-state index is 6.07. The van der Waals surface area contributed by atoms with E-state index in [-0.39, 0.29) is 18.3 Å². The van der Waals surface area contributed by atoms with Gasteiger partial charge in [0.05, 0.1) is 16.9 Å². The standard InChI is InChI=1S/C15H18BNO2S/c1-14(2)15(3,4)19-16(18-14)13-9-11(10-20-13)12-7-5-6-8-17-12/h5-10H,1-4H3. The van der Waals surface area contributed by atoms with E-state index in [0.29, 0.717) is 0 Å². The van der Waals surface area contributed by atoms with Gasteiger partial charge in [0.15, 0.2) is 0 Å². The number of rotatable bonds is 2. The van der Waals surface area contributed by atoms with Crippen LogP contribution in [-0.2, 0) is 9.31 Å². The summed E-state index contributed by atoms with van der Waals surface area (Å²) in [4.78, 5) is 4.37. The van der Waals surface area contributed by atoms with Crippen LogP contribution in [0.15, 0.2) is 35.8 Å². The van der Waals surface area contributed by atoms with Crippen molar-refractivity contribution in [2.75, 3.05) is 0 Å². The average Bonchev–Trinajstić information content (AvgIpc) is 2.94. The molecule has 0 spiro atoms. The van der Waals surface area contributed by atoms with Crippen LogP contribution in [0, 0.1) is 0 Å². The summed E-state index contributed by atoms with van der Waals surface area (Å²) in [6.07, 6.45) is 1.81. The zero-order valence-electron chi connectivity index (χ0n) is 12.2. The van der Waals surface area contributed by atoms with Crippen LogP contribution in [0.3, 0.4) is 0 Å². The van der Waals surface area contributed by atoms with E-state index in [4.69, 9.17) is 9.31 Å². The smallest absolute Gasteiger partial charge is 0.399 e. The second-order valence-corrected chi connectivity index (χ2v) is 6.98. The molecule has 104 valence electrons. The molecule has 2 aromatic rings. The topological polar surface area (TPSA) is 31.4 Å². The minimum atomic E-state index is -0.299. The van der Waals surface area contributed by atoms with Crippen molar-refractivity contribution in [3.8, 4) is 11.3 Å². The summed E-state index contributed by atoms with van der Waals surface area (Å²) >= 11 is 1.65. The van der Waals surface area contributed by atoms with Gasteiger partial charge in [-0.3, -0.25) is 4.98 Å². The van der Waals surface area contributed by atoms with Gasteiger partial charge in [0.2, 0.25) is 0 Å². The van der Waals surface area contributed by atoms with Gasteiger partial charge in [-0.05, 0) is 51.3 Å². The Morgan fingerprint density at radius 1 is 1.10 bits per heavy atom. The molecule has 1 aliphatic rings. The van der Waals surface area contributed by atoms with E-state index in [9.17, 15) is 0 Å². The molecule has 0 amide bonds.